The van der Waals surface area contributed by atoms with Gasteiger partial charge in [-0.15, -0.1) is 0 Å². The number of hydrogen-bond acceptors (Lipinski definition) is 5. The third kappa shape index (κ3) is 4.48. The van der Waals surface area contributed by atoms with E-state index in [9.17, 15) is 21.2 Å². The summed E-state index contributed by atoms with van der Waals surface area (Å²) in [4.78, 5) is -0.533. The number of benzene rings is 2. The van der Waals surface area contributed by atoms with Crippen LogP contribution >= 0.6 is 11.6 Å². The van der Waals surface area contributed by atoms with Gasteiger partial charge in [-0.05, 0) is 42.3 Å². The van der Waals surface area contributed by atoms with Crippen LogP contribution in [0, 0.1) is 5.82 Å². The third-order valence-electron chi connectivity index (χ3n) is 4.59. The van der Waals surface area contributed by atoms with E-state index in [0.29, 0.717) is 11.3 Å². The largest absolute Gasteiger partial charge is 0.497 e. The second kappa shape index (κ2) is 7.98. The highest BCUT2D eigenvalue weighted by atomic mass is 35.5. The van der Waals surface area contributed by atoms with E-state index in [1.54, 1.807) is 24.3 Å². The monoisotopic (exact) mass is 447 g/mol. The summed E-state index contributed by atoms with van der Waals surface area (Å²) < 4.78 is 70.8. The van der Waals surface area contributed by atoms with E-state index in [-0.39, 0.29) is 29.5 Å². The van der Waals surface area contributed by atoms with Gasteiger partial charge in [0.05, 0.1) is 18.6 Å². The van der Waals surface area contributed by atoms with Crippen molar-refractivity contribution in [3.63, 3.8) is 0 Å². The second-order valence-corrected chi connectivity index (χ2v) is 11.1. The quantitative estimate of drug-likeness (QED) is 0.680. The van der Waals surface area contributed by atoms with Crippen LogP contribution in [0.3, 0.4) is 0 Å². The Morgan fingerprint density at radius 1 is 1.21 bits per heavy atom. The summed E-state index contributed by atoms with van der Waals surface area (Å²) in [7, 11) is -6.12. The van der Waals surface area contributed by atoms with Gasteiger partial charge >= 0.3 is 0 Å². The molecule has 3 rings (SSSR count). The Hall–Kier alpha value is -1.68. The molecule has 28 heavy (non-hydrogen) atoms. The molecule has 1 heterocycles. The molecule has 0 N–H and O–H groups in total. The number of rotatable bonds is 6. The molecule has 152 valence electrons. The number of sulfone groups is 1. The van der Waals surface area contributed by atoms with Crippen LogP contribution in [0.4, 0.5) is 4.39 Å². The van der Waals surface area contributed by atoms with Crippen LogP contribution in [-0.2, 0) is 26.4 Å². The van der Waals surface area contributed by atoms with E-state index in [1.165, 1.54) is 13.2 Å². The van der Waals surface area contributed by atoms with Crippen molar-refractivity contribution >= 4 is 31.5 Å². The summed E-state index contributed by atoms with van der Waals surface area (Å²) in [5.74, 6) is -0.772. The van der Waals surface area contributed by atoms with Gasteiger partial charge in [0.1, 0.15) is 16.5 Å². The third-order valence-corrected chi connectivity index (χ3v) is 8.51. The van der Waals surface area contributed by atoms with Crippen LogP contribution in [0.2, 0.25) is 5.02 Å². The number of hydrogen-bond donors (Lipinski definition) is 0. The van der Waals surface area contributed by atoms with E-state index in [4.69, 9.17) is 16.3 Å². The van der Waals surface area contributed by atoms with Gasteiger partial charge in [0.25, 0.3) is 0 Å². The Morgan fingerprint density at radius 2 is 1.89 bits per heavy atom. The van der Waals surface area contributed by atoms with E-state index >= 15 is 0 Å². The first kappa shape index (κ1) is 21.0. The van der Waals surface area contributed by atoms with Crippen molar-refractivity contribution in [3.8, 4) is 5.75 Å². The SMILES string of the molecule is COc1ccc(CN(C2CCS(=O)(=O)C2)S(=O)(=O)c2ccc(Cl)cc2F)cc1. The molecule has 6 nitrogen and oxygen atoms in total. The van der Waals surface area contributed by atoms with Crippen LogP contribution in [0.1, 0.15) is 12.0 Å². The zero-order valence-electron chi connectivity index (χ0n) is 15.0. The van der Waals surface area contributed by atoms with Crippen molar-refractivity contribution in [1.29, 1.82) is 0 Å². The minimum atomic E-state index is -4.29. The van der Waals surface area contributed by atoms with Crippen LogP contribution < -0.4 is 4.74 Å². The maximum absolute atomic E-state index is 14.4. The fourth-order valence-electron chi connectivity index (χ4n) is 3.13. The average molecular weight is 448 g/mol. The minimum absolute atomic E-state index is 0.0709. The van der Waals surface area contributed by atoms with Crippen molar-refractivity contribution in [3.05, 3.63) is 58.9 Å². The molecule has 1 aliphatic rings. The number of methoxy groups -OCH3 is 1. The Kier molecular flexibility index (Phi) is 6.00. The predicted molar refractivity (Wildman–Crippen MR) is 104 cm³/mol. The standard InChI is InChI=1S/C18H19ClFNO5S2/c1-26-16-5-2-13(3-6-16)11-21(15-8-9-27(22,23)12-15)28(24,25)18-7-4-14(19)10-17(18)20/h2-7,10,15H,8-9,11-12H2,1H3. The predicted octanol–water partition coefficient (Wildman–Crippen LogP) is 2.87. The molecular weight excluding hydrogens is 429 g/mol. The zero-order valence-corrected chi connectivity index (χ0v) is 17.4. The molecule has 0 aliphatic carbocycles. The molecule has 0 saturated carbocycles. The zero-order chi connectivity index (χ0) is 20.5. The van der Waals surface area contributed by atoms with Crippen molar-refractivity contribution in [2.45, 2.75) is 23.9 Å². The van der Waals surface area contributed by atoms with Crippen molar-refractivity contribution in [1.82, 2.24) is 4.31 Å². The second-order valence-electron chi connectivity index (χ2n) is 6.53. The van der Waals surface area contributed by atoms with E-state index in [0.717, 1.165) is 16.4 Å². The molecule has 10 heteroatoms. The molecule has 1 fully saturated rings. The molecule has 0 bridgehead atoms. The molecule has 0 aromatic heterocycles. The highest BCUT2D eigenvalue weighted by Crippen LogP contribution is 2.29. The van der Waals surface area contributed by atoms with Gasteiger partial charge in [-0.1, -0.05) is 23.7 Å². The molecule has 1 unspecified atom stereocenters. The van der Waals surface area contributed by atoms with Crippen molar-refractivity contribution in [2.75, 3.05) is 18.6 Å². The van der Waals surface area contributed by atoms with Crippen molar-refractivity contribution in [2.24, 2.45) is 0 Å². The lowest BCUT2D eigenvalue weighted by molar-refractivity contribution is 0.332. The van der Waals surface area contributed by atoms with E-state index in [2.05, 4.69) is 0 Å². The number of ether oxygens (including phenoxy) is 1. The molecular formula is C18H19ClFNO5S2. The van der Waals surface area contributed by atoms with Gasteiger partial charge in [0.15, 0.2) is 9.84 Å². The molecule has 1 saturated heterocycles. The molecule has 1 aliphatic heterocycles. The summed E-state index contributed by atoms with van der Waals surface area (Å²) in [5, 5.41) is 0.0709. The number of halogens is 2. The summed E-state index contributed by atoms with van der Waals surface area (Å²) in [5.41, 5.74) is 0.628. The van der Waals surface area contributed by atoms with Gasteiger partial charge in [0, 0.05) is 17.6 Å². The Labute approximate surface area is 168 Å². The molecule has 0 amide bonds. The summed E-state index contributed by atoms with van der Waals surface area (Å²) in [6.07, 6.45) is 0.160. The Morgan fingerprint density at radius 3 is 2.43 bits per heavy atom. The topological polar surface area (TPSA) is 80.8 Å². The molecule has 1 atom stereocenters. The van der Waals surface area contributed by atoms with Gasteiger partial charge in [-0.3, -0.25) is 0 Å². The summed E-state index contributed by atoms with van der Waals surface area (Å²) >= 11 is 5.73. The molecule has 2 aromatic carbocycles. The normalized spacial score (nSPS) is 19.1. The molecule has 0 radical (unpaired) electrons. The van der Waals surface area contributed by atoms with Crippen LogP contribution in [-0.4, -0.2) is 45.8 Å². The van der Waals surface area contributed by atoms with Gasteiger partial charge in [-0.25, -0.2) is 21.2 Å². The fraction of sp³-hybridized carbons (Fsp3) is 0.333. The summed E-state index contributed by atoms with van der Waals surface area (Å²) in [6, 6.07) is 9.25. The Bertz CT molecular complexity index is 1070. The van der Waals surface area contributed by atoms with Gasteiger partial charge in [0.2, 0.25) is 10.0 Å². The first-order valence-electron chi connectivity index (χ1n) is 8.42. The van der Waals surface area contributed by atoms with Crippen LogP contribution in [0.5, 0.6) is 5.75 Å². The number of nitrogens with zero attached hydrogens (tertiary/aromatic N) is 1. The van der Waals surface area contributed by atoms with Gasteiger partial charge in [-0.2, -0.15) is 4.31 Å². The Balaban J connectivity index is 2.01. The smallest absolute Gasteiger partial charge is 0.246 e. The first-order chi connectivity index (χ1) is 13.1. The molecule has 0 spiro atoms. The van der Waals surface area contributed by atoms with E-state index < -0.39 is 36.6 Å². The maximum Gasteiger partial charge on any atom is 0.246 e. The first-order valence-corrected chi connectivity index (χ1v) is 12.1. The minimum Gasteiger partial charge on any atom is -0.497 e. The van der Waals surface area contributed by atoms with E-state index in [1.807, 2.05) is 0 Å². The highest BCUT2D eigenvalue weighted by molar-refractivity contribution is 7.92. The number of sulfonamides is 1. The lowest BCUT2D eigenvalue weighted by atomic mass is 10.2. The lowest BCUT2D eigenvalue weighted by Crippen LogP contribution is -2.40. The van der Waals surface area contributed by atoms with Crippen LogP contribution in [0.25, 0.3) is 0 Å². The highest BCUT2D eigenvalue weighted by Gasteiger charge is 2.39. The lowest BCUT2D eigenvalue weighted by Gasteiger charge is -2.27. The fourth-order valence-corrected chi connectivity index (χ4v) is 6.81. The maximum atomic E-state index is 14.4. The summed E-state index contributed by atoms with van der Waals surface area (Å²) in [6.45, 7) is -0.0887. The van der Waals surface area contributed by atoms with Crippen molar-refractivity contribution < 1.29 is 26.0 Å². The van der Waals surface area contributed by atoms with Crippen LogP contribution in [0.15, 0.2) is 47.4 Å². The van der Waals surface area contributed by atoms with Gasteiger partial charge < -0.3 is 4.74 Å². The average Bonchev–Trinajstić information content (AvgIpc) is 2.99. The molecule has 2 aromatic rings.